The molecular weight excluding hydrogens is 280 g/mol. The number of hydrogen-bond donors (Lipinski definition) is 2. The second-order valence-electron chi connectivity index (χ2n) is 4.89. The molecule has 0 fully saturated rings. The van der Waals surface area contributed by atoms with Crippen LogP contribution < -0.4 is 15.4 Å². The molecule has 0 bridgehead atoms. The Kier molecular flexibility index (Phi) is 5.35. The molecule has 0 amide bonds. The molecule has 0 aliphatic carbocycles. The first kappa shape index (κ1) is 15.8. The number of guanidine groups is 1. The molecule has 1 aromatic carbocycles. The number of hydrogen-bond acceptors (Lipinski definition) is 4. The summed E-state index contributed by atoms with van der Waals surface area (Å²) in [6, 6.07) is 7.99. The van der Waals surface area contributed by atoms with E-state index < -0.39 is 0 Å². The number of aliphatic imine (C=N–C) groups is 1. The van der Waals surface area contributed by atoms with Crippen molar-refractivity contribution in [3.05, 3.63) is 42.0 Å². The van der Waals surface area contributed by atoms with Crippen LogP contribution in [0, 0.1) is 0 Å². The summed E-state index contributed by atoms with van der Waals surface area (Å²) >= 11 is 0. The van der Waals surface area contributed by atoms with Gasteiger partial charge >= 0.3 is 0 Å². The monoisotopic (exact) mass is 302 g/mol. The number of ether oxygens (including phenoxy) is 1. The van der Waals surface area contributed by atoms with Crippen molar-refractivity contribution in [1.82, 2.24) is 25.4 Å². The van der Waals surface area contributed by atoms with E-state index in [1.165, 1.54) is 0 Å². The molecule has 1 atom stereocenters. The Morgan fingerprint density at radius 2 is 2.18 bits per heavy atom. The Hall–Kier alpha value is -2.57. The number of nitrogens with zero attached hydrogens (tertiary/aromatic N) is 4. The van der Waals surface area contributed by atoms with Crippen LogP contribution in [0.4, 0.5) is 0 Å². The lowest BCUT2D eigenvalue weighted by Gasteiger charge is -2.20. The first-order valence-electron chi connectivity index (χ1n) is 7.08. The van der Waals surface area contributed by atoms with Crippen molar-refractivity contribution in [3.63, 3.8) is 0 Å². The van der Waals surface area contributed by atoms with Crippen LogP contribution in [-0.4, -0.2) is 34.9 Å². The van der Waals surface area contributed by atoms with Crippen LogP contribution >= 0.6 is 0 Å². The van der Waals surface area contributed by atoms with Crippen LogP contribution in [0.5, 0.6) is 5.75 Å². The Morgan fingerprint density at radius 1 is 1.41 bits per heavy atom. The molecule has 1 aromatic heterocycles. The topological polar surface area (TPSA) is 76.4 Å². The maximum absolute atomic E-state index is 5.39. The second-order valence-corrected chi connectivity index (χ2v) is 4.89. The van der Waals surface area contributed by atoms with E-state index in [0.29, 0.717) is 12.5 Å². The molecule has 2 rings (SSSR count). The van der Waals surface area contributed by atoms with Gasteiger partial charge in [-0.05, 0) is 13.0 Å². The van der Waals surface area contributed by atoms with Crippen molar-refractivity contribution in [2.75, 3.05) is 14.2 Å². The molecule has 0 unspecified atom stereocenters. The van der Waals surface area contributed by atoms with Crippen molar-refractivity contribution < 1.29 is 4.74 Å². The zero-order valence-electron chi connectivity index (χ0n) is 13.4. The lowest BCUT2D eigenvalue weighted by atomic mass is 10.1. The average Bonchev–Trinajstić information content (AvgIpc) is 2.96. The third-order valence-electron chi connectivity index (χ3n) is 3.40. The molecule has 0 aliphatic heterocycles. The number of methoxy groups -OCH3 is 1. The molecule has 0 spiro atoms. The molecule has 0 saturated heterocycles. The summed E-state index contributed by atoms with van der Waals surface area (Å²) in [6.07, 6.45) is 1.67. The van der Waals surface area contributed by atoms with Gasteiger partial charge < -0.3 is 19.9 Å². The van der Waals surface area contributed by atoms with E-state index in [1.54, 1.807) is 20.5 Å². The number of nitrogens with one attached hydrogen (secondary N) is 2. The van der Waals surface area contributed by atoms with Crippen molar-refractivity contribution in [3.8, 4) is 5.75 Å². The van der Waals surface area contributed by atoms with E-state index in [-0.39, 0.29) is 6.04 Å². The molecule has 118 valence electrons. The van der Waals surface area contributed by atoms with Crippen LogP contribution in [0.3, 0.4) is 0 Å². The minimum Gasteiger partial charge on any atom is -0.496 e. The highest BCUT2D eigenvalue weighted by Crippen LogP contribution is 2.24. The average molecular weight is 302 g/mol. The molecule has 0 radical (unpaired) electrons. The van der Waals surface area contributed by atoms with Gasteiger partial charge in [-0.3, -0.25) is 4.99 Å². The number of aromatic nitrogens is 3. The lowest BCUT2D eigenvalue weighted by molar-refractivity contribution is 0.405. The van der Waals surface area contributed by atoms with Crippen molar-refractivity contribution in [2.24, 2.45) is 12.0 Å². The standard InChI is InChI=1S/C15H22N6O/c1-11(12-7-5-6-8-13(12)22-4)19-15(16-2)17-9-14-20-18-10-21(14)3/h5-8,10-11H,9H2,1-4H3,(H2,16,17,19)/t11-/m0/s1. The normalized spacial score (nSPS) is 12.8. The fourth-order valence-electron chi connectivity index (χ4n) is 2.13. The minimum atomic E-state index is 0.0573. The van der Waals surface area contributed by atoms with Gasteiger partial charge in [-0.2, -0.15) is 0 Å². The van der Waals surface area contributed by atoms with Crippen LogP contribution in [0.25, 0.3) is 0 Å². The van der Waals surface area contributed by atoms with Crippen LogP contribution in [0.15, 0.2) is 35.6 Å². The quantitative estimate of drug-likeness (QED) is 0.642. The van der Waals surface area contributed by atoms with Crippen molar-refractivity contribution in [1.29, 1.82) is 0 Å². The van der Waals surface area contributed by atoms with Crippen molar-refractivity contribution in [2.45, 2.75) is 19.5 Å². The molecule has 2 aromatic rings. The van der Waals surface area contributed by atoms with Gasteiger partial charge in [-0.1, -0.05) is 18.2 Å². The Morgan fingerprint density at radius 3 is 2.82 bits per heavy atom. The fourth-order valence-corrected chi connectivity index (χ4v) is 2.13. The molecule has 7 heteroatoms. The van der Waals surface area contributed by atoms with E-state index in [2.05, 4.69) is 32.7 Å². The SMILES string of the molecule is CN=C(NCc1nncn1C)N[C@@H](C)c1ccccc1OC. The summed E-state index contributed by atoms with van der Waals surface area (Å²) in [6.45, 7) is 2.61. The Bertz CT molecular complexity index is 636. The highest BCUT2D eigenvalue weighted by Gasteiger charge is 2.12. The fraction of sp³-hybridized carbons (Fsp3) is 0.400. The molecule has 1 heterocycles. The molecule has 22 heavy (non-hydrogen) atoms. The van der Waals surface area contributed by atoms with E-state index in [9.17, 15) is 0 Å². The summed E-state index contributed by atoms with van der Waals surface area (Å²) in [4.78, 5) is 4.23. The number of rotatable bonds is 5. The zero-order chi connectivity index (χ0) is 15.9. The second kappa shape index (κ2) is 7.44. The van der Waals surface area contributed by atoms with E-state index in [0.717, 1.165) is 17.1 Å². The first-order valence-corrected chi connectivity index (χ1v) is 7.08. The molecule has 0 saturated carbocycles. The summed E-state index contributed by atoms with van der Waals surface area (Å²) in [5.74, 6) is 2.39. The third kappa shape index (κ3) is 3.75. The largest absolute Gasteiger partial charge is 0.496 e. The van der Waals surface area contributed by atoms with Gasteiger partial charge in [-0.25, -0.2) is 0 Å². The minimum absolute atomic E-state index is 0.0573. The lowest BCUT2D eigenvalue weighted by Crippen LogP contribution is -2.38. The van der Waals surface area contributed by atoms with Gasteiger partial charge in [0, 0.05) is 19.7 Å². The summed E-state index contributed by atoms with van der Waals surface area (Å²) < 4.78 is 7.26. The van der Waals surface area contributed by atoms with E-state index in [1.807, 2.05) is 35.9 Å². The molecular formula is C15H22N6O. The predicted octanol–water partition coefficient (Wildman–Crippen LogP) is 1.25. The molecule has 0 aliphatic rings. The van der Waals surface area contributed by atoms with Gasteiger partial charge in [0.25, 0.3) is 0 Å². The zero-order valence-corrected chi connectivity index (χ0v) is 13.4. The molecule has 2 N–H and O–H groups in total. The van der Waals surface area contributed by atoms with Gasteiger partial charge in [0.1, 0.15) is 12.1 Å². The number of para-hydroxylation sites is 1. The summed E-state index contributed by atoms with van der Waals surface area (Å²) in [5, 5.41) is 14.5. The van der Waals surface area contributed by atoms with Crippen molar-refractivity contribution >= 4 is 5.96 Å². The highest BCUT2D eigenvalue weighted by atomic mass is 16.5. The maximum atomic E-state index is 5.39. The van der Waals surface area contributed by atoms with Gasteiger partial charge in [0.15, 0.2) is 11.8 Å². The van der Waals surface area contributed by atoms with Crippen LogP contribution in [0.1, 0.15) is 24.4 Å². The van der Waals surface area contributed by atoms with Gasteiger partial charge in [-0.15, -0.1) is 10.2 Å². The van der Waals surface area contributed by atoms with Crippen LogP contribution in [0.2, 0.25) is 0 Å². The number of aryl methyl sites for hydroxylation is 1. The molecule has 7 nitrogen and oxygen atoms in total. The maximum Gasteiger partial charge on any atom is 0.191 e. The first-order chi connectivity index (χ1) is 10.7. The van der Waals surface area contributed by atoms with E-state index in [4.69, 9.17) is 4.74 Å². The Labute approximate surface area is 130 Å². The summed E-state index contributed by atoms with van der Waals surface area (Å²) in [7, 11) is 5.32. The predicted molar refractivity (Wildman–Crippen MR) is 85.7 cm³/mol. The van der Waals surface area contributed by atoms with E-state index >= 15 is 0 Å². The third-order valence-corrected chi connectivity index (χ3v) is 3.40. The van der Waals surface area contributed by atoms with Gasteiger partial charge in [0.05, 0.1) is 19.7 Å². The smallest absolute Gasteiger partial charge is 0.191 e. The summed E-state index contributed by atoms with van der Waals surface area (Å²) in [5.41, 5.74) is 1.08. The van der Waals surface area contributed by atoms with Gasteiger partial charge in [0.2, 0.25) is 0 Å². The Balaban J connectivity index is 1.99. The highest BCUT2D eigenvalue weighted by molar-refractivity contribution is 5.80. The van der Waals surface area contributed by atoms with Crippen LogP contribution in [-0.2, 0) is 13.6 Å². The number of benzene rings is 1.